The van der Waals surface area contributed by atoms with Crippen LogP contribution in [0.4, 0.5) is 0 Å². The Hall–Kier alpha value is -0.420. The van der Waals surface area contributed by atoms with E-state index in [-0.39, 0.29) is 6.10 Å². The van der Waals surface area contributed by atoms with Gasteiger partial charge in [-0.3, -0.25) is 0 Å². The van der Waals surface area contributed by atoms with Gasteiger partial charge in [-0.1, -0.05) is 124 Å². The first kappa shape index (κ1) is 37.7. The van der Waals surface area contributed by atoms with Gasteiger partial charge in [-0.05, 0) is 39.0 Å². The van der Waals surface area contributed by atoms with Crippen LogP contribution in [0.25, 0.3) is 0 Å². The Labute approximate surface area is 227 Å². The molecule has 0 amide bonds. The number of hydrogen-bond donors (Lipinski definition) is 0. The van der Waals surface area contributed by atoms with Gasteiger partial charge in [0, 0.05) is 6.61 Å². The summed E-state index contributed by atoms with van der Waals surface area (Å²) in [7, 11) is 0. The minimum Gasteiger partial charge on any atom is -0.370 e. The van der Waals surface area contributed by atoms with E-state index >= 15 is 0 Å². The molecule has 0 aliphatic carbocycles. The zero-order chi connectivity index (χ0) is 27.2. The Kier molecular flexibility index (Phi) is 32.3. The molecule has 4 heteroatoms. The molecule has 0 aromatic heterocycles. The average Bonchev–Trinajstić information content (AvgIpc) is 2.89. The summed E-state index contributed by atoms with van der Waals surface area (Å²) < 4.78 is 25.4. The molecule has 0 spiro atoms. The molecule has 0 saturated carbocycles. The third kappa shape index (κ3) is 22.8. The average molecular weight is 515 g/mol. The third-order valence-corrected chi connectivity index (χ3v) is 6.05. The van der Waals surface area contributed by atoms with Crippen LogP contribution in [0.2, 0.25) is 0 Å². The van der Waals surface area contributed by atoms with E-state index in [1.54, 1.807) is 6.08 Å². The Balaban J connectivity index is 0. The van der Waals surface area contributed by atoms with Crippen molar-refractivity contribution in [3.8, 4) is 0 Å². The van der Waals surface area contributed by atoms with Crippen LogP contribution < -0.4 is 0 Å². The summed E-state index contributed by atoms with van der Waals surface area (Å²) in [6, 6.07) is 0. The molecule has 1 atom stereocenters. The van der Waals surface area contributed by atoms with Crippen molar-refractivity contribution in [2.24, 2.45) is 0 Å². The predicted octanol–water partition coefficient (Wildman–Crippen LogP) is 10.4. The lowest BCUT2D eigenvalue weighted by atomic mass is 10.1. The number of unbranched alkanes of at least 4 members (excludes halogenated alkanes) is 12. The van der Waals surface area contributed by atoms with E-state index in [4.69, 9.17) is 18.9 Å². The van der Waals surface area contributed by atoms with Crippen LogP contribution in [0.3, 0.4) is 0 Å². The summed E-state index contributed by atoms with van der Waals surface area (Å²) in [6.07, 6.45) is 23.4. The van der Waals surface area contributed by atoms with E-state index in [0.717, 1.165) is 45.1 Å². The molecule has 0 bridgehead atoms. The van der Waals surface area contributed by atoms with Gasteiger partial charge in [0.1, 0.15) is 6.10 Å². The van der Waals surface area contributed by atoms with Crippen LogP contribution in [0, 0.1) is 0 Å². The smallest absolute Gasteiger partial charge is 0.310 e. The topological polar surface area (TPSA) is 36.9 Å². The van der Waals surface area contributed by atoms with Gasteiger partial charge in [0.05, 0.1) is 19.8 Å². The van der Waals surface area contributed by atoms with Crippen LogP contribution >= 0.6 is 0 Å². The quantitative estimate of drug-likeness (QED) is 0.0620. The molecule has 0 rings (SSSR count). The fourth-order valence-corrected chi connectivity index (χ4v) is 4.07. The maximum atomic E-state index is 6.50. The van der Waals surface area contributed by atoms with Gasteiger partial charge in [0.2, 0.25) is 0 Å². The van der Waals surface area contributed by atoms with E-state index in [9.17, 15) is 0 Å². The fourth-order valence-electron chi connectivity index (χ4n) is 4.07. The van der Waals surface area contributed by atoms with Gasteiger partial charge < -0.3 is 18.9 Å². The number of ether oxygens (including phenoxy) is 4. The summed E-state index contributed by atoms with van der Waals surface area (Å²) >= 11 is 0. The van der Waals surface area contributed by atoms with Gasteiger partial charge in [0.25, 0.3) is 0 Å². The monoisotopic (exact) mass is 514 g/mol. The summed E-state index contributed by atoms with van der Waals surface area (Å²) in [5, 5.41) is 0. The first-order valence-electron chi connectivity index (χ1n) is 15.7. The van der Waals surface area contributed by atoms with Crippen molar-refractivity contribution in [1.82, 2.24) is 0 Å². The standard InChI is InChI=1S/C29H60O4.C3H6/c1-6-11-13-15-17-18-20-22-27-30-28(23-21-19-16-14-12-7-2)29(31-24-8-3,32-25-9-4)33-26-10-5;1-3-2/h28H,6-27H2,1-5H3;3H,1H2,2H3. The second-order valence-corrected chi connectivity index (χ2v) is 9.95. The molecule has 1 unspecified atom stereocenters. The molecule has 0 aromatic rings. The largest absolute Gasteiger partial charge is 0.370 e. The van der Waals surface area contributed by atoms with Gasteiger partial charge >= 0.3 is 5.97 Å². The molecule has 0 fully saturated rings. The Morgan fingerprint density at radius 3 is 1.28 bits per heavy atom. The molecule has 0 N–H and O–H groups in total. The molecular weight excluding hydrogens is 448 g/mol. The Bertz CT molecular complexity index is 391. The first-order chi connectivity index (χ1) is 17.6. The zero-order valence-corrected chi connectivity index (χ0v) is 25.6. The molecule has 0 aliphatic heterocycles. The number of rotatable bonds is 27. The van der Waals surface area contributed by atoms with Crippen LogP contribution in [-0.2, 0) is 18.9 Å². The minimum absolute atomic E-state index is 0.169. The maximum absolute atomic E-state index is 6.50. The van der Waals surface area contributed by atoms with Gasteiger partial charge in [-0.2, -0.15) is 0 Å². The van der Waals surface area contributed by atoms with Gasteiger partial charge in [-0.15, -0.1) is 6.58 Å². The maximum Gasteiger partial charge on any atom is 0.310 e. The van der Waals surface area contributed by atoms with Crippen molar-refractivity contribution < 1.29 is 18.9 Å². The molecule has 0 saturated heterocycles. The van der Waals surface area contributed by atoms with Crippen molar-refractivity contribution in [3.05, 3.63) is 12.7 Å². The summed E-state index contributed by atoms with van der Waals surface area (Å²) in [4.78, 5) is 0. The third-order valence-electron chi connectivity index (χ3n) is 6.05. The second kappa shape index (κ2) is 30.8. The van der Waals surface area contributed by atoms with E-state index < -0.39 is 5.97 Å². The van der Waals surface area contributed by atoms with E-state index in [1.165, 1.54) is 77.0 Å². The lowest BCUT2D eigenvalue weighted by Gasteiger charge is -2.39. The fraction of sp³-hybridized carbons (Fsp3) is 0.938. The normalized spacial score (nSPS) is 12.3. The lowest BCUT2D eigenvalue weighted by Crippen LogP contribution is -2.52. The SMILES string of the molecule is C=CC.CCCCCCCCCCOC(CCCCCCCC)C(OCCC)(OCCC)OCCC. The molecule has 0 heterocycles. The van der Waals surface area contributed by atoms with Crippen molar-refractivity contribution in [2.45, 2.75) is 169 Å². The van der Waals surface area contributed by atoms with Gasteiger partial charge in [-0.25, -0.2) is 0 Å². The second-order valence-electron chi connectivity index (χ2n) is 9.95. The highest BCUT2D eigenvalue weighted by atomic mass is 16.9. The van der Waals surface area contributed by atoms with E-state index in [1.807, 2.05) is 6.92 Å². The van der Waals surface area contributed by atoms with Crippen LogP contribution in [-0.4, -0.2) is 38.5 Å². The number of hydrogen-bond acceptors (Lipinski definition) is 4. The van der Waals surface area contributed by atoms with Crippen LogP contribution in [0.1, 0.15) is 157 Å². The lowest BCUT2D eigenvalue weighted by molar-refractivity contribution is -0.418. The van der Waals surface area contributed by atoms with Gasteiger partial charge in [0.15, 0.2) is 0 Å². The van der Waals surface area contributed by atoms with E-state index in [0.29, 0.717) is 19.8 Å². The van der Waals surface area contributed by atoms with Crippen molar-refractivity contribution in [2.75, 3.05) is 26.4 Å². The predicted molar refractivity (Wildman–Crippen MR) is 158 cm³/mol. The summed E-state index contributed by atoms with van der Waals surface area (Å²) in [5.41, 5.74) is 0. The molecular formula is C32H66O4. The Morgan fingerprint density at radius 1 is 0.528 bits per heavy atom. The molecule has 0 aliphatic rings. The molecule has 0 aromatic carbocycles. The van der Waals surface area contributed by atoms with Crippen molar-refractivity contribution in [1.29, 1.82) is 0 Å². The highest BCUT2D eigenvalue weighted by Gasteiger charge is 2.43. The summed E-state index contributed by atoms with van der Waals surface area (Å²) in [5.74, 6) is -1.06. The van der Waals surface area contributed by atoms with E-state index in [2.05, 4.69) is 41.2 Å². The first-order valence-corrected chi connectivity index (χ1v) is 15.7. The zero-order valence-electron chi connectivity index (χ0n) is 25.6. The highest BCUT2D eigenvalue weighted by molar-refractivity contribution is 4.74. The van der Waals surface area contributed by atoms with Crippen LogP contribution in [0.5, 0.6) is 0 Å². The minimum atomic E-state index is -1.06. The van der Waals surface area contributed by atoms with Crippen molar-refractivity contribution in [3.63, 3.8) is 0 Å². The summed E-state index contributed by atoms with van der Waals surface area (Å²) in [6.45, 7) is 18.8. The Morgan fingerprint density at radius 2 is 0.889 bits per heavy atom. The van der Waals surface area contributed by atoms with Crippen molar-refractivity contribution >= 4 is 0 Å². The molecule has 36 heavy (non-hydrogen) atoms. The molecule has 4 nitrogen and oxygen atoms in total. The molecule has 0 radical (unpaired) electrons. The molecule has 218 valence electrons. The van der Waals surface area contributed by atoms with Crippen LogP contribution in [0.15, 0.2) is 12.7 Å². The number of allylic oxidation sites excluding steroid dienone is 1. The highest BCUT2D eigenvalue weighted by Crippen LogP contribution is 2.29.